The van der Waals surface area contributed by atoms with Gasteiger partial charge in [-0.25, -0.2) is 19.2 Å². The van der Waals surface area contributed by atoms with Gasteiger partial charge in [-0.3, -0.25) is 9.59 Å². The molecule has 136 heavy (non-hydrogen) atoms. The fraction of sp³-hybridized carbons (Fsp3) is 0.184. The Labute approximate surface area is 839 Å². The van der Waals surface area contributed by atoms with Crippen molar-refractivity contribution in [3.8, 4) is 50.3 Å². The van der Waals surface area contributed by atoms with E-state index in [0.717, 1.165) is 187 Å². The van der Waals surface area contributed by atoms with E-state index < -0.39 is 5.97 Å². The molecule has 0 aliphatic carbocycles. The number of carboxylic acid groups (broad SMARTS) is 1. The number of nitrogens with one attached hydrogen (secondary N) is 6. The number of carboxylic acids is 1. The number of thiol groups is 1. The molecular formula is C103H97B2BrCl5LiN10O13S. The second-order valence-electron chi connectivity index (χ2n) is 31.1. The molecule has 0 saturated carbocycles. The van der Waals surface area contributed by atoms with Crippen molar-refractivity contribution in [3.63, 3.8) is 0 Å². The number of hydrogen-bond donors (Lipinski definition) is 9. The summed E-state index contributed by atoms with van der Waals surface area (Å²) in [7, 11) is 11.1. The number of fused-ring (bicyclic) bond motifs is 6. The number of carbonyl (C=O) groups is 6. The molecule has 6 aromatic heterocycles. The number of halogens is 6. The maximum Gasteiger partial charge on any atom is 1.00 e. The number of H-pyrrole nitrogens is 5. The molecule has 3 fully saturated rings. The van der Waals surface area contributed by atoms with Crippen molar-refractivity contribution in [1.29, 1.82) is 0 Å². The van der Waals surface area contributed by atoms with Crippen molar-refractivity contribution >= 4 is 203 Å². The van der Waals surface area contributed by atoms with Crippen LogP contribution in [0.5, 0.6) is 5.75 Å². The first-order valence-electron chi connectivity index (χ1n) is 43.0. The number of rotatable bonds is 12. The average molecular weight is 2000 g/mol. The van der Waals surface area contributed by atoms with Crippen molar-refractivity contribution in [2.75, 3.05) is 60.6 Å². The van der Waals surface area contributed by atoms with Crippen LogP contribution in [0.3, 0.4) is 0 Å². The molecule has 2 radical (unpaired) electrons. The Balaban J connectivity index is 0.000000163. The van der Waals surface area contributed by atoms with Gasteiger partial charge < -0.3 is 79.1 Å². The molecule has 9 N–H and O–H groups in total. The van der Waals surface area contributed by atoms with Crippen LogP contribution >= 0.6 is 86.7 Å². The van der Waals surface area contributed by atoms with Gasteiger partial charge in [0.2, 0.25) is 0 Å². The van der Waals surface area contributed by atoms with Crippen molar-refractivity contribution in [3.05, 3.63) is 337 Å². The van der Waals surface area contributed by atoms with Gasteiger partial charge in [-0.15, -0.1) is 0 Å². The summed E-state index contributed by atoms with van der Waals surface area (Å²) in [5.41, 5.74) is 17.5. The summed E-state index contributed by atoms with van der Waals surface area (Å²) in [5, 5.41) is 30.3. The van der Waals surface area contributed by atoms with E-state index in [-0.39, 0.29) is 59.6 Å². The van der Waals surface area contributed by atoms with Crippen LogP contribution < -0.4 is 28.8 Å². The first-order valence-corrected chi connectivity index (χ1v) is 46.1. The average Bonchev–Trinajstić information content (AvgIpc) is 1.62. The first kappa shape index (κ1) is 106. The van der Waals surface area contributed by atoms with Crippen LogP contribution in [0.25, 0.3) is 110 Å². The molecule has 0 bridgehead atoms. The number of likely N-dealkylation sites (tertiary alicyclic amines) is 2. The Morgan fingerprint density at radius 1 is 0.419 bits per heavy atom. The molecule has 2 amide bonds. The molecule has 0 spiro atoms. The van der Waals surface area contributed by atoms with E-state index in [1.54, 1.807) is 72.8 Å². The monoisotopic (exact) mass is 2000 g/mol. The zero-order valence-electron chi connectivity index (χ0n) is 75.2. The van der Waals surface area contributed by atoms with Crippen LogP contribution in [-0.2, 0) is 21.3 Å². The van der Waals surface area contributed by atoms with Crippen LogP contribution in [0.15, 0.2) is 283 Å². The van der Waals surface area contributed by atoms with Crippen LogP contribution in [0.4, 0.5) is 0 Å². The maximum absolute atomic E-state index is 12.8. The van der Waals surface area contributed by atoms with Gasteiger partial charge in [0.1, 0.15) is 5.75 Å². The first-order chi connectivity index (χ1) is 65.0. The molecule has 3 aliphatic rings. The molecule has 3 aliphatic heterocycles. The summed E-state index contributed by atoms with van der Waals surface area (Å²) in [6.45, 7) is 5.99. The number of aryl methyl sites for hydroxylation is 1. The Bertz CT molecular complexity index is 6940. The van der Waals surface area contributed by atoms with Gasteiger partial charge in [0, 0.05) is 193 Å². The number of aromatic nitrogens is 6. The second-order valence-corrected chi connectivity index (χ2v) is 34.4. The van der Waals surface area contributed by atoms with Crippen LogP contribution in [0.2, 0.25) is 25.1 Å². The van der Waals surface area contributed by atoms with Crippen molar-refractivity contribution in [2.45, 2.75) is 57.8 Å². The van der Waals surface area contributed by atoms with Gasteiger partial charge >= 0.3 is 75.2 Å². The number of aromatic carboxylic acids is 1. The molecule has 0 atom stereocenters. The van der Waals surface area contributed by atoms with Gasteiger partial charge in [0.15, 0.2) is 0 Å². The zero-order valence-corrected chi connectivity index (χ0v) is 81.4. The second kappa shape index (κ2) is 52.9. The molecule has 0 unspecified atom stereocenters. The summed E-state index contributed by atoms with van der Waals surface area (Å²) in [6, 6.07) is 72.9. The standard InChI is InChI=1S/C21H21ClN2O.C20H19ClN2O.C16H12ClNO2.C15H10ClNO2.C10H8BrNO2.C10H9NO2.C6H5BClO2.C5H11N.BHNS.Li.H2O/c1-23-14-19(15-6-5-7-17(22)12-15)18-9-8-16(13-20(18)23)21(25)24-10-3-2-4-11-24;21-16-6-4-5-14(11-16)18-13-22-19-12-15(7-8-17(18)19)20(24)23-9-2-1-3-10-23;1-20-16(19)11-5-6-13-14(9-18-15(13)8-11)10-3-2-4-12(17)7-10;16-11-3-1-2-9(6-11)13-8-17-14-7-10(15(18)19)4-5-12(13)14;1-14-10(13)6-2-3-7-8(11)5-12-9(7)4-6;1-13-10(12)8-3-2-7-4-5-11-9(7)6-8;8-5-2-1-3-6(4-5)10-7-9;1-2-4-6-5-3-1;1-2-3;;/h5-9,12-14H,2-4,10-11H2,1H3;4-8,11-13,22H,1-3,9-10H2;2-9,18H,1H3;1-8,17H,(H,18,19);2-5,12H,1H3;2-6,11H,1H3;1-4,9H;6H,1-5H2;3H;;1H2/q;;;;;;;;;+1;/p-1. The van der Waals surface area contributed by atoms with Crippen molar-refractivity contribution in [2.24, 2.45) is 11.3 Å². The van der Waals surface area contributed by atoms with Gasteiger partial charge in [-0.2, -0.15) is 0 Å². The fourth-order valence-corrected chi connectivity index (χ4v) is 17.0. The zero-order chi connectivity index (χ0) is 95.2. The molecule has 11 aromatic carbocycles. The largest absolute Gasteiger partial charge is 1.00 e. The molecule has 17 aromatic rings. The van der Waals surface area contributed by atoms with Crippen molar-refractivity contribution in [1.82, 2.24) is 44.6 Å². The van der Waals surface area contributed by atoms with E-state index in [0.29, 0.717) is 45.2 Å². The van der Waals surface area contributed by atoms with E-state index in [1.165, 1.54) is 66.5 Å². The summed E-state index contributed by atoms with van der Waals surface area (Å²) < 4.78 is 24.4. The minimum Gasteiger partial charge on any atom is -0.870 e. The Hall–Kier alpha value is -12.0. The summed E-state index contributed by atoms with van der Waals surface area (Å²) in [4.78, 5) is 89.8. The number of nitrogens with zero attached hydrogens (tertiary/aromatic N) is 4. The van der Waals surface area contributed by atoms with Gasteiger partial charge in [0.25, 0.3) is 11.8 Å². The summed E-state index contributed by atoms with van der Waals surface area (Å²) >= 11 is 36.5. The van der Waals surface area contributed by atoms with Crippen LogP contribution in [0.1, 0.15) is 120 Å². The van der Waals surface area contributed by atoms with E-state index in [2.05, 4.69) is 108 Å². The molecular weight excluding hydrogens is 1900 g/mol. The third-order valence-electron chi connectivity index (χ3n) is 22.2. The number of aromatic amines is 5. The Kier molecular flexibility index (Phi) is 41.2. The molecule has 23 nitrogen and oxygen atoms in total. The molecule has 20 rings (SSSR count). The molecule has 692 valence electrons. The number of hydrogen-bond acceptors (Lipinski definition) is 15. The Morgan fingerprint density at radius 3 is 1.18 bits per heavy atom. The quantitative estimate of drug-likeness (QED) is 0.0238. The number of piperidine rings is 3. The molecule has 3 saturated heterocycles. The third-order valence-corrected chi connectivity index (χ3v) is 24.1. The molecule has 9 heterocycles. The number of methoxy groups -OCH3 is 3. The van der Waals surface area contributed by atoms with Gasteiger partial charge in [0.05, 0.1) is 43.6 Å². The predicted molar refractivity (Wildman–Crippen MR) is 550 cm³/mol. The summed E-state index contributed by atoms with van der Waals surface area (Å²) in [5.74, 6) is -1.10. The van der Waals surface area contributed by atoms with Gasteiger partial charge in [-0.1, -0.05) is 155 Å². The summed E-state index contributed by atoms with van der Waals surface area (Å²) in [6.07, 6.45) is 22.6. The number of carbonyl (C=O) groups excluding carboxylic acids is 5. The number of amides is 2. The smallest absolute Gasteiger partial charge is 0.870 e. The number of benzene rings is 11. The van der Waals surface area contributed by atoms with Crippen LogP contribution in [-0.4, -0.2) is 167 Å². The van der Waals surface area contributed by atoms with Crippen molar-refractivity contribution < 1.29 is 82.1 Å². The minimum absolute atomic E-state index is 0. The number of ether oxygens (including phenoxy) is 3. The SMILES string of the molecule is C1CCNCC1.COC(=O)c1ccc2c(-c3cccc(Cl)c3)c[nH]c2c1.COC(=O)c1ccc2c(Br)c[nH]c2c1.COC(=O)c1ccc2cc[nH]c2c1.Cn1cc(-c2cccc(Cl)c2)c2ccc(C(=O)N3CCCCC3)cc21.O=C(O)c1ccc2c(-c3cccc(Cl)c3)c[nH]c2c1.O=C(c1ccc2c(-c3cccc(Cl)c3)c[nH]c2c1)N1CCCCC1.O[B]Oc1cccc(Cl)c1.[B]=NS.[Li+].[OH-]. The normalized spacial score (nSPS) is 12.3. The molecule has 33 heteroatoms. The Morgan fingerprint density at radius 2 is 0.772 bits per heavy atom. The minimum atomic E-state index is -0.930. The predicted octanol–water partition coefficient (Wildman–Crippen LogP) is 22.4. The van der Waals surface area contributed by atoms with E-state index in [4.69, 9.17) is 72.9 Å². The third kappa shape index (κ3) is 28.8. The van der Waals surface area contributed by atoms with Crippen LogP contribution in [0, 0.1) is 0 Å². The van der Waals surface area contributed by atoms with E-state index >= 15 is 0 Å². The van der Waals surface area contributed by atoms with E-state index in [9.17, 15) is 28.8 Å². The number of esters is 3. The maximum atomic E-state index is 12.8. The topological polar surface area (TPSA) is 325 Å². The van der Waals surface area contributed by atoms with Gasteiger partial charge in [-0.05, 0) is 254 Å². The van der Waals surface area contributed by atoms with E-state index in [1.807, 2.05) is 199 Å². The fourth-order valence-electron chi connectivity index (χ4n) is 15.6.